The summed E-state index contributed by atoms with van der Waals surface area (Å²) in [6.07, 6.45) is -0.721. The van der Waals surface area contributed by atoms with E-state index in [-0.39, 0.29) is 30.8 Å². The number of hydrogen-bond acceptors (Lipinski definition) is 3. The lowest BCUT2D eigenvalue weighted by Crippen LogP contribution is -2.29. The van der Waals surface area contributed by atoms with Crippen LogP contribution in [0.4, 0.5) is 4.39 Å². The van der Waals surface area contributed by atoms with E-state index in [0.717, 1.165) is 0 Å². The second kappa shape index (κ2) is 8.45. The van der Waals surface area contributed by atoms with Gasteiger partial charge in [-0.25, -0.2) is 4.39 Å². The topological polar surface area (TPSA) is 58.6 Å². The molecule has 0 aromatic heterocycles. The first-order valence-corrected chi connectivity index (χ1v) is 7.90. The molecule has 24 heavy (non-hydrogen) atoms. The molecule has 0 aliphatic carbocycles. The van der Waals surface area contributed by atoms with Gasteiger partial charge in [-0.3, -0.25) is 4.79 Å². The quantitative estimate of drug-likeness (QED) is 0.820. The monoisotopic (exact) mass is 331 g/mol. The van der Waals surface area contributed by atoms with Crippen LogP contribution in [0.3, 0.4) is 0 Å². The van der Waals surface area contributed by atoms with Crippen molar-refractivity contribution < 1.29 is 19.0 Å². The molecule has 1 amide bonds. The molecule has 0 unspecified atom stereocenters. The van der Waals surface area contributed by atoms with Gasteiger partial charge in [0.05, 0.1) is 18.6 Å². The number of carbonyl (C=O) groups excluding carboxylic acids is 1. The van der Waals surface area contributed by atoms with Crippen molar-refractivity contribution in [2.75, 3.05) is 6.54 Å². The summed E-state index contributed by atoms with van der Waals surface area (Å²) in [4.78, 5) is 11.9. The van der Waals surface area contributed by atoms with Crippen molar-refractivity contribution in [2.24, 2.45) is 0 Å². The number of carbonyl (C=O) groups is 1. The highest BCUT2D eigenvalue weighted by atomic mass is 19.1. The van der Waals surface area contributed by atoms with Gasteiger partial charge in [-0.15, -0.1) is 0 Å². The molecule has 2 N–H and O–H groups in total. The lowest BCUT2D eigenvalue weighted by atomic mass is 10.1. The molecule has 0 fully saturated rings. The zero-order valence-corrected chi connectivity index (χ0v) is 13.8. The maximum absolute atomic E-state index is 13.1. The third kappa shape index (κ3) is 5.66. The summed E-state index contributed by atoms with van der Waals surface area (Å²) in [6, 6.07) is 13.0. The number of rotatable bonds is 7. The van der Waals surface area contributed by atoms with Gasteiger partial charge in [0.1, 0.15) is 11.6 Å². The van der Waals surface area contributed by atoms with Gasteiger partial charge in [-0.1, -0.05) is 24.3 Å². The highest BCUT2D eigenvalue weighted by Crippen LogP contribution is 2.20. The first-order valence-electron chi connectivity index (χ1n) is 7.90. The summed E-state index contributed by atoms with van der Waals surface area (Å²) >= 11 is 0. The maximum atomic E-state index is 13.1. The van der Waals surface area contributed by atoms with Crippen LogP contribution in [0.1, 0.15) is 31.1 Å². The number of nitrogens with one attached hydrogen (secondary N) is 1. The molecule has 0 heterocycles. The predicted molar refractivity (Wildman–Crippen MR) is 90.3 cm³/mol. The molecular weight excluding hydrogens is 309 g/mol. The Bertz CT molecular complexity index is 688. The fraction of sp³-hybridized carbons (Fsp3) is 0.316. The Morgan fingerprint density at radius 2 is 1.96 bits per heavy atom. The number of hydrogen-bond donors (Lipinski definition) is 2. The Labute approximate surface area is 141 Å². The first kappa shape index (κ1) is 17.9. The molecule has 0 bridgehead atoms. The minimum atomic E-state index is -0.836. The molecule has 1 atom stereocenters. The average molecular weight is 331 g/mol. The molecule has 2 aromatic rings. The van der Waals surface area contributed by atoms with Gasteiger partial charge in [0, 0.05) is 6.54 Å². The highest BCUT2D eigenvalue weighted by Gasteiger charge is 2.11. The molecule has 0 aliphatic rings. The lowest BCUT2D eigenvalue weighted by Gasteiger charge is -2.15. The Balaban J connectivity index is 1.88. The van der Waals surface area contributed by atoms with Crippen molar-refractivity contribution in [1.82, 2.24) is 5.32 Å². The zero-order chi connectivity index (χ0) is 17.5. The molecular formula is C19H22FNO3. The summed E-state index contributed by atoms with van der Waals surface area (Å²) < 4.78 is 18.7. The molecule has 0 spiro atoms. The Morgan fingerprint density at radius 1 is 1.21 bits per heavy atom. The number of amides is 1. The smallest absolute Gasteiger partial charge is 0.224 e. The van der Waals surface area contributed by atoms with Crippen LogP contribution < -0.4 is 10.1 Å². The minimum absolute atomic E-state index is 0.0448. The lowest BCUT2D eigenvalue weighted by molar-refractivity contribution is -0.120. The number of aliphatic hydroxyl groups is 1. The van der Waals surface area contributed by atoms with E-state index in [0.29, 0.717) is 16.9 Å². The average Bonchev–Trinajstić information content (AvgIpc) is 2.52. The fourth-order valence-electron chi connectivity index (χ4n) is 2.29. The molecule has 0 radical (unpaired) electrons. The van der Waals surface area contributed by atoms with Crippen LogP contribution in [0, 0.1) is 5.82 Å². The minimum Gasteiger partial charge on any atom is -0.491 e. The van der Waals surface area contributed by atoms with E-state index in [1.165, 1.54) is 12.1 Å². The number of ether oxygens (including phenoxy) is 1. The molecule has 0 saturated heterocycles. The SMILES string of the molecule is CC(C)Oc1cccc([C@@H](O)CNC(=O)Cc2cccc(F)c2)c1. The van der Waals surface area contributed by atoms with Gasteiger partial charge in [0.15, 0.2) is 0 Å². The molecule has 2 aromatic carbocycles. The third-order valence-corrected chi connectivity index (χ3v) is 3.36. The second-order valence-electron chi connectivity index (χ2n) is 5.87. The van der Waals surface area contributed by atoms with E-state index in [9.17, 15) is 14.3 Å². The third-order valence-electron chi connectivity index (χ3n) is 3.36. The Morgan fingerprint density at radius 3 is 2.67 bits per heavy atom. The van der Waals surface area contributed by atoms with Gasteiger partial charge in [0.25, 0.3) is 0 Å². The van der Waals surface area contributed by atoms with E-state index in [1.54, 1.807) is 30.3 Å². The summed E-state index contributed by atoms with van der Waals surface area (Å²) in [5.41, 5.74) is 1.26. The second-order valence-corrected chi connectivity index (χ2v) is 5.87. The van der Waals surface area contributed by atoms with Crippen molar-refractivity contribution >= 4 is 5.91 Å². The zero-order valence-electron chi connectivity index (χ0n) is 13.8. The molecule has 5 heteroatoms. The first-order chi connectivity index (χ1) is 11.4. The maximum Gasteiger partial charge on any atom is 0.224 e. The van der Waals surface area contributed by atoms with Crippen LogP contribution >= 0.6 is 0 Å². The highest BCUT2D eigenvalue weighted by molar-refractivity contribution is 5.78. The van der Waals surface area contributed by atoms with E-state index < -0.39 is 6.10 Å². The Kier molecular flexibility index (Phi) is 6.32. The summed E-state index contributed by atoms with van der Waals surface area (Å²) in [6.45, 7) is 3.94. The van der Waals surface area contributed by atoms with Crippen LogP contribution in [0.2, 0.25) is 0 Å². The van der Waals surface area contributed by atoms with Crippen molar-refractivity contribution in [3.8, 4) is 5.75 Å². The summed E-state index contributed by atoms with van der Waals surface area (Å²) in [7, 11) is 0. The van der Waals surface area contributed by atoms with Crippen LogP contribution in [0.15, 0.2) is 48.5 Å². The van der Waals surface area contributed by atoms with Crippen molar-refractivity contribution in [2.45, 2.75) is 32.5 Å². The number of aliphatic hydroxyl groups excluding tert-OH is 1. The van der Waals surface area contributed by atoms with Gasteiger partial charge >= 0.3 is 0 Å². The van der Waals surface area contributed by atoms with Crippen LogP contribution in [-0.2, 0) is 11.2 Å². The molecule has 128 valence electrons. The normalized spacial score (nSPS) is 12.0. The van der Waals surface area contributed by atoms with E-state index in [4.69, 9.17) is 4.74 Å². The van der Waals surface area contributed by atoms with Crippen molar-refractivity contribution in [1.29, 1.82) is 0 Å². The molecule has 0 saturated carbocycles. The van der Waals surface area contributed by atoms with Crippen LogP contribution in [0.25, 0.3) is 0 Å². The van der Waals surface area contributed by atoms with Gasteiger partial charge in [0.2, 0.25) is 5.91 Å². The van der Waals surface area contributed by atoms with Gasteiger partial charge in [-0.2, -0.15) is 0 Å². The fourth-order valence-corrected chi connectivity index (χ4v) is 2.29. The van der Waals surface area contributed by atoms with E-state index in [2.05, 4.69) is 5.32 Å². The van der Waals surface area contributed by atoms with Crippen molar-refractivity contribution in [3.63, 3.8) is 0 Å². The van der Waals surface area contributed by atoms with Gasteiger partial charge in [-0.05, 0) is 49.2 Å². The standard InChI is InChI=1S/C19H22FNO3/c1-13(2)24-17-8-4-6-15(11-17)18(22)12-21-19(23)10-14-5-3-7-16(20)9-14/h3-9,11,13,18,22H,10,12H2,1-2H3,(H,21,23)/t18-/m0/s1. The van der Waals surface area contributed by atoms with Crippen LogP contribution in [-0.4, -0.2) is 23.7 Å². The van der Waals surface area contributed by atoms with E-state index in [1.807, 2.05) is 19.9 Å². The summed E-state index contributed by atoms with van der Waals surface area (Å²) in [5.74, 6) is 0.0316. The summed E-state index contributed by atoms with van der Waals surface area (Å²) in [5, 5.41) is 12.9. The predicted octanol–water partition coefficient (Wildman–Crippen LogP) is 3.01. The largest absolute Gasteiger partial charge is 0.491 e. The number of halogens is 1. The van der Waals surface area contributed by atoms with E-state index >= 15 is 0 Å². The van der Waals surface area contributed by atoms with Gasteiger partial charge < -0.3 is 15.2 Å². The molecule has 4 nitrogen and oxygen atoms in total. The Hall–Kier alpha value is -2.40. The molecule has 0 aliphatic heterocycles. The number of benzene rings is 2. The molecule has 2 rings (SSSR count). The van der Waals surface area contributed by atoms with Crippen LogP contribution in [0.5, 0.6) is 5.75 Å². The van der Waals surface area contributed by atoms with Crippen molar-refractivity contribution in [3.05, 3.63) is 65.5 Å².